The van der Waals surface area contributed by atoms with Crippen molar-refractivity contribution in [3.63, 3.8) is 0 Å². The molecule has 0 heterocycles. The molecule has 0 bridgehead atoms. The molecule has 2 aliphatic rings. The first-order chi connectivity index (χ1) is 4.97. The first-order valence-corrected chi connectivity index (χ1v) is 4.78. The Morgan fingerprint density at radius 3 is 2.30 bits per heavy atom. The standard InChI is InChI=1S/C10H17/c1-2-6-9(5-1)10-7-3-4-8-10/h1,9-10H,2-8H2. The second-order valence-electron chi connectivity index (χ2n) is 3.91. The van der Waals surface area contributed by atoms with Crippen molar-refractivity contribution < 1.29 is 0 Å². The molecule has 0 aliphatic heterocycles. The molecular weight excluding hydrogens is 120 g/mol. The van der Waals surface area contributed by atoms with Crippen molar-refractivity contribution in [2.45, 2.75) is 44.9 Å². The lowest BCUT2D eigenvalue weighted by molar-refractivity contribution is 0.351. The zero-order valence-electron chi connectivity index (χ0n) is 6.68. The number of rotatable bonds is 1. The Hall–Kier alpha value is 0. The Balaban J connectivity index is 1.85. The van der Waals surface area contributed by atoms with Gasteiger partial charge < -0.3 is 0 Å². The lowest BCUT2D eigenvalue weighted by Crippen LogP contribution is -2.06. The van der Waals surface area contributed by atoms with Gasteiger partial charge in [0.1, 0.15) is 0 Å². The quantitative estimate of drug-likeness (QED) is 0.520. The van der Waals surface area contributed by atoms with Crippen molar-refractivity contribution in [2.75, 3.05) is 0 Å². The Bertz CT molecular complexity index is 80.6. The molecule has 2 fully saturated rings. The third-order valence-electron chi connectivity index (χ3n) is 3.28. The van der Waals surface area contributed by atoms with Crippen LogP contribution in [0, 0.1) is 18.3 Å². The molecule has 0 amide bonds. The molecule has 0 heteroatoms. The van der Waals surface area contributed by atoms with Crippen LogP contribution in [-0.4, -0.2) is 0 Å². The third kappa shape index (κ3) is 1.21. The van der Waals surface area contributed by atoms with Crippen LogP contribution in [0.2, 0.25) is 0 Å². The molecule has 0 aromatic rings. The fourth-order valence-corrected chi connectivity index (χ4v) is 2.64. The highest BCUT2D eigenvalue weighted by atomic mass is 14.3. The van der Waals surface area contributed by atoms with Crippen LogP contribution in [0.15, 0.2) is 0 Å². The SMILES string of the molecule is [CH]1CCC(C2CCCC2)C1. The summed E-state index contributed by atoms with van der Waals surface area (Å²) in [6, 6.07) is 0. The maximum Gasteiger partial charge on any atom is -0.0383 e. The molecule has 0 aromatic carbocycles. The van der Waals surface area contributed by atoms with Crippen LogP contribution in [0.5, 0.6) is 0 Å². The fraction of sp³-hybridized carbons (Fsp3) is 0.900. The summed E-state index contributed by atoms with van der Waals surface area (Å²) in [5.74, 6) is 2.22. The molecule has 0 aromatic heterocycles. The molecule has 1 atom stereocenters. The Morgan fingerprint density at radius 1 is 0.900 bits per heavy atom. The second kappa shape index (κ2) is 2.94. The fourth-order valence-electron chi connectivity index (χ4n) is 2.64. The van der Waals surface area contributed by atoms with E-state index in [0.717, 1.165) is 11.8 Å². The maximum atomic E-state index is 2.49. The summed E-state index contributed by atoms with van der Waals surface area (Å²) < 4.78 is 0. The van der Waals surface area contributed by atoms with E-state index in [1.807, 2.05) is 0 Å². The average molecular weight is 137 g/mol. The second-order valence-corrected chi connectivity index (χ2v) is 3.91. The Morgan fingerprint density at radius 2 is 1.70 bits per heavy atom. The highest BCUT2D eigenvalue weighted by Gasteiger charge is 2.26. The predicted octanol–water partition coefficient (Wildman–Crippen LogP) is 3.18. The molecule has 0 nitrogen and oxygen atoms in total. The van der Waals surface area contributed by atoms with Gasteiger partial charge in [-0.2, -0.15) is 0 Å². The van der Waals surface area contributed by atoms with Gasteiger partial charge in [-0.3, -0.25) is 0 Å². The van der Waals surface area contributed by atoms with Crippen LogP contribution in [0.3, 0.4) is 0 Å². The van der Waals surface area contributed by atoms with Crippen LogP contribution in [-0.2, 0) is 0 Å². The third-order valence-corrected chi connectivity index (χ3v) is 3.28. The molecule has 2 aliphatic carbocycles. The average Bonchev–Trinajstić information content (AvgIpc) is 2.59. The van der Waals surface area contributed by atoms with Gasteiger partial charge in [-0.1, -0.05) is 25.7 Å². The van der Waals surface area contributed by atoms with Gasteiger partial charge in [-0.25, -0.2) is 0 Å². The summed E-state index contributed by atoms with van der Waals surface area (Å²) in [4.78, 5) is 0. The summed E-state index contributed by atoms with van der Waals surface area (Å²) >= 11 is 0. The molecule has 0 N–H and O–H groups in total. The van der Waals surface area contributed by atoms with E-state index in [0.29, 0.717) is 0 Å². The van der Waals surface area contributed by atoms with Gasteiger partial charge in [0.05, 0.1) is 0 Å². The van der Waals surface area contributed by atoms with Crippen molar-refractivity contribution in [1.82, 2.24) is 0 Å². The Kier molecular flexibility index (Phi) is 1.97. The molecular formula is C10H17. The summed E-state index contributed by atoms with van der Waals surface area (Å²) in [7, 11) is 0. The minimum absolute atomic E-state index is 1.10. The van der Waals surface area contributed by atoms with Crippen LogP contribution >= 0.6 is 0 Å². The van der Waals surface area contributed by atoms with Crippen molar-refractivity contribution in [1.29, 1.82) is 0 Å². The lowest BCUT2D eigenvalue weighted by atomic mass is 9.90. The minimum Gasteiger partial charge on any atom is -0.0530 e. The zero-order valence-corrected chi connectivity index (χ0v) is 6.68. The van der Waals surface area contributed by atoms with Crippen LogP contribution in [0.1, 0.15) is 44.9 Å². The van der Waals surface area contributed by atoms with Crippen molar-refractivity contribution in [3.8, 4) is 0 Å². The summed E-state index contributed by atoms with van der Waals surface area (Å²) in [5.41, 5.74) is 0. The van der Waals surface area contributed by atoms with Crippen LogP contribution < -0.4 is 0 Å². The van der Waals surface area contributed by atoms with E-state index in [1.54, 1.807) is 12.8 Å². The van der Waals surface area contributed by atoms with Gasteiger partial charge in [0, 0.05) is 0 Å². The zero-order chi connectivity index (χ0) is 6.81. The van der Waals surface area contributed by atoms with Gasteiger partial charge in [0.15, 0.2) is 0 Å². The monoisotopic (exact) mass is 137 g/mol. The highest BCUT2D eigenvalue weighted by molar-refractivity contribution is 4.86. The molecule has 1 radical (unpaired) electrons. The Labute approximate surface area is 64.0 Å². The highest BCUT2D eigenvalue weighted by Crippen LogP contribution is 2.39. The van der Waals surface area contributed by atoms with E-state index in [2.05, 4.69) is 6.42 Å². The summed E-state index contributed by atoms with van der Waals surface area (Å²) in [6.07, 6.45) is 12.9. The van der Waals surface area contributed by atoms with E-state index in [4.69, 9.17) is 0 Å². The van der Waals surface area contributed by atoms with Crippen molar-refractivity contribution in [3.05, 3.63) is 6.42 Å². The van der Waals surface area contributed by atoms with E-state index >= 15 is 0 Å². The normalized spacial score (nSPS) is 30.0. The van der Waals surface area contributed by atoms with Gasteiger partial charge in [-0.05, 0) is 37.5 Å². The van der Waals surface area contributed by atoms with Gasteiger partial charge in [0.25, 0.3) is 0 Å². The topological polar surface area (TPSA) is 0 Å². The summed E-state index contributed by atoms with van der Waals surface area (Å²) in [5, 5.41) is 0. The largest absolute Gasteiger partial charge is 0.0530 e. The smallest absolute Gasteiger partial charge is 0.0383 e. The number of hydrogen-bond acceptors (Lipinski definition) is 0. The summed E-state index contributed by atoms with van der Waals surface area (Å²) in [6.45, 7) is 0. The van der Waals surface area contributed by atoms with Crippen molar-refractivity contribution in [2.24, 2.45) is 11.8 Å². The molecule has 0 saturated heterocycles. The first-order valence-electron chi connectivity index (χ1n) is 4.78. The predicted molar refractivity (Wildman–Crippen MR) is 43.6 cm³/mol. The van der Waals surface area contributed by atoms with E-state index in [1.165, 1.54) is 32.1 Å². The van der Waals surface area contributed by atoms with Crippen LogP contribution in [0.4, 0.5) is 0 Å². The molecule has 0 spiro atoms. The lowest BCUT2D eigenvalue weighted by Gasteiger charge is -2.16. The maximum absolute atomic E-state index is 2.49. The van der Waals surface area contributed by atoms with Crippen molar-refractivity contribution >= 4 is 0 Å². The van der Waals surface area contributed by atoms with E-state index in [9.17, 15) is 0 Å². The molecule has 57 valence electrons. The molecule has 2 rings (SSSR count). The minimum atomic E-state index is 1.10. The van der Waals surface area contributed by atoms with E-state index < -0.39 is 0 Å². The van der Waals surface area contributed by atoms with Gasteiger partial charge >= 0.3 is 0 Å². The number of hydrogen-bond donors (Lipinski definition) is 0. The van der Waals surface area contributed by atoms with Gasteiger partial charge in [0.2, 0.25) is 0 Å². The molecule has 2 saturated carbocycles. The van der Waals surface area contributed by atoms with E-state index in [-0.39, 0.29) is 0 Å². The molecule has 10 heavy (non-hydrogen) atoms. The van der Waals surface area contributed by atoms with Crippen LogP contribution in [0.25, 0.3) is 0 Å². The molecule has 1 unspecified atom stereocenters. The first kappa shape index (κ1) is 6.69. The van der Waals surface area contributed by atoms with Gasteiger partial charge in [-0.15, -0.1) is 0 Å².